The Kier molecular flexibility index (Phi) is 7.52. The summed E-state index contributed by atoms with van der Waals surface area (Å²) in [6, 6.07) is 7.29. The Morgan fingerprint density at radius 3 is 2.75 bits per heavy atom. The van der Waals surface area contributed by atoms with Crippen molar-refractivity contribution in [2.45, 2.75) is 25.9 Å². The van der Waals surface area contributed by atoms with Gasteiger partial charge in [0, 0.05) is 42.8 Å². The van der Waals surface area contributed by atoms with Crippen molar-refractivity contribution >= 4 is 27.8 Å². The summed E-state index contributed by atoms with van der Waals surface area (Å²) in [6.45, 7) is 5.50. The fraction of sp³-hybridized carbons (Fsp3) is 0.529. The molecule has 132 valence electrons. The van der Waals surface area contributed by atoms with E-state index >= 15 is 0 Å². The van der Waals surface area contributed by atoms with Gasteiger partial charge in [0.1, 0.15) is 0 Å². The predicted molar refractivity (Wildman–Crippen MR) is 99.3 cm³/mol. The minimum Gasteiger partial charge on any atom is -0.391 e. The number of aliphatic hydroxyl groups is 1. The highest BCUT2D eigenvalue weighted by Crippen LogP contribution is 2.10. The van der Waals surface area contributed by atoms with Crippen LogP contribution in [0.1, 0.15) is 30.1 Å². The third kappa shape index (κ3) is 5.79. The molecule has 1 aromatic rings. The molecule has 0 aromatic heterocycles. The van der Waals surface area contributed by atoms with Gasteiger partial charge in [0.05, 0.1) is 6.10 Å². The minimum atomic E-state index is -0.265. The number of guanidine groups is 1. The van der Waals surface area contributed by atoms with Gasteiger partial charge in [-0.1, -0.05) is 15.9 Å². The Labute approximate surface area is 151 Å². The first-order valence-corrected chi connectivity index (χ1v) is 9.14. The molecule has 1 aliphatic rings. The molecular formula is C17H25BrN4O2. The zero-order valence-corrected chi connectivity index (χ0v) is 15.6. The first-order chi connectivity index (χ1) is 11.6. The third-order valence-corrected chi connectivity index (χ3v) is 4.31. The molecule has 1 saturated heterocycles. The Bertz CT molecular complexity index is 562. The second kappa shape index (κ2) is 9.64. The highest BCUT2D eigenvalue weighted by molar-refractivity contribution is 9.10. The number of amides is 1. The number of rotatable bonds is 6. The number of carbonyl (C=O) groups is 1. The van der Waals surface area contributed by atoms with Crippen molar-refractivity contribution in [1.82, 2.24) is 15.5 Å². The van der Waals surface area contributed by atoms with Crippen LogP contribution in [0, 0.1) is 0 Å². The van der Waals surface area contributed by atoms with Gasteiger partial charge in [-0.25, -0.2) is 0 Å². The molecule has 0 unspecified atom stereocenters. The van der Waals surface area contributed by atoms with Gasteiger partial charge in [-0.05, 0) is 44.0 Å². The number of hydrogen-bond donors (Lipinski definition) is 3. The van der Waals surface area contributed by atoms with Crippen LogP contribution in [0.5, 0.6) is 0 Å². The molecule has 1 amide bonds. The van der Waals surface area contributed by atoms with Gasteiger partial charge in [0.15, 0.2) is 5.96 Å². The van der Waals surface area contributed by atoms with E-state index in [9.17, 15) is 9.90 Å². The standard InChI is InChI=1S/C17H25BrN4O2/c1-2-19-17(22-11-8-15(23)12-22)21-10-3-9-20-16(24)13-4-6-14(18)7-5-13/h4-7,15,23H,2-3,8-12H2,1H3,(H,19,21)(H,20,24)/t15-/m1/s1. The van der Waals surface area contributed by atoms with E-state index in [2.05, 4.69) is 36.5 Å². The lowest BCUT2D eigenvalue weighted by molar-refractivity contribution is 0.0953. The number of nitrogens with zero attached hydrogens (tertiary/aromatic N) is 2. The molecule has 7 heteroatoms. The topological polar surface area (TPSA) is 77.0 Å². The summed E-state index contributed by atoms with van der Waals surface area (Å²) in [6.07, 6.45) is 1.29. The second-order valence-electron chi connectivity index (χ2n) is 5.74. The first-order valence-electron chi connectivity index (χ1n) is 8.35. The average Bonchev–Trinajstić information content (AvgIpc) is 3.00. The minimum absolute atomic E-state index is 0.0685. The van der Waals surface area contributed by atoms with Crippen LogP contribution in [0.4, 0.5) is 0 Å². The zero-order valence-electron chi connectivity index (χ0n) is 14.0. The van der Waals surface area contributed by atoms with Crippen molar-refractivity contribution in [3.8, 4) is 0 Å². The highest BCUT2D eigenvalue weighted by atomic mass is 79.9. The van der Waals surface area contributed by atoms with E-state index in [1.165, 1.54) is 0 Å². The monoisotopic (exact) mass is 396 g/mol. The smallest absolute Gasteiger partial charge is 0.251 e. The zero-order chi connectivity index (χ0) is 17.4. The van der Waals surface area contributed by atoms with Crippen LogP contribution in [0.2, 0.25) is 0 Å². The van der Waals surface area contributed by atoms with Gasteiger partial charge < -0.3 is 20.6 Å². The lowest BCUT2D eigenvalue weighted by Crippen LogP contribution is -2.40. The van der Waals surface area contributed by atoms with Crippen LogP contribution in [0.15, 0.2) is 33.7 Å². The number of carbonyl (C=O) groups excluding carboxylic acids is 1. The molecular weight excluding hydrogens is 372 g/mol. The van der Waals surface area contributed by atoms with Crippen molar-refractivity contribution < 1.29 is 9.90 Å². The molecule has 1 atom stereocenters. The van der Waals surface area contributed by atoms with Gasteiger partial charge in [-0.3, -0.25) is 9.79 Å². The number of benzene rings is 1. The summed E-state index contributed by atoms with van der Waals surface area (Å²) in [7, 11) is 0. The normalized spacial score (nSPS) is 17.9. The Morgan fingerprint density at radius 2 is 2.12 bits per heavy atom. The third-order valence-electron chi connectivity index (χ3n) is 3.79. The lowest BCUT2D eigenvalue weighted by atomic mass is 10.2. The molecule has 1 fully saturated rings. The van der Waals surface area contributed by atoms with E-state index in [1.54, 1.807) is 12.1 Å². The van der Waals surface area contributed by atoms with E-state index < -0.39 is 0 Å². The molecule has 6 nitrogen and oxygen atoms in total. The van der Waals surface area contributed by atoms with E-state index in [0.29, 0.717) is 25.2 Å². The number of hydrogen-bond acceptors (Lipinski definition) is 3. The molecule has 2 rings (SSSR count). The van der Waals surface area contributed by atoms with E-state index in [0.717, 1.165) is 36.4 Å². The summed E-state index contributed by atoms with van der Waals surface area (Å²) in [5.41, 5.74) is 0.654. The van der Waals surface area contributed by atoms with E-state index in [4.69, 9.17) is 0 Å². The maximum Gasteiger partial charge on any atom is 0.251 e. The van der Waals surface area contributed by atoms with Crippen LogP contribution >= 0.6 is 15.9 Å². The molecule has 1 aliphatic heterocycles. The van der Waals surface area contributed by atoms with Crippen molar-refractivity contribution in [1.29, 1.82) is 0 Å². The SMILES string of the molecule is CCNC(=NCCCNC(=O)c1ccc(Br)cc1)N1CC[C@@H](O)C1. The summed E-state index contributed by atoms with van der Waals surface area (Å²) in [4.78, 5) is 18.6. The van der Waals surface area contributed by atoms with Gasteiger partial charge in [0.25, 0.3) is 5.91 Å². The van der Waals surface area contributed by atoms with Crippen LogP contribution in [-0.4, -0.2) is 60.7 Å². The van der Waals surface area contributed by atoms with Gasteiger partial charge in [-0.2, -0.15) is 0 Å². The summed E-state index contributed by atoms with van der Waals surface area (Å²) < 4.78 is 0.955. The number of aliphatic imine (C=N–C) groups is 1. The molecule has 0 spiro atoms. The Morgan fingerprint density at radius 1 is 1.38 bits per heavy atom. The molecule has 1 heterocycles. The molecule has 0 radical (unpaired) electrons. The van der Waals surface area contributed by atoms with Gasteiger partial charge in [0.2, 0.25) is 0 Å². The fourth-order valence-corrected chi connectivity index (χ4v) is 2.79. The number of likely N-dealkylation sites (tertiary alicyclic amines) is 1. The number of aliphatic hydroxyl groups excluding tert-OH is 1. The summed E-state index contributed by atoms with van der Waals surface area (Å²) in [5.74, 6) is 0.773. The second-order valence-corrected chi connectivity index (χ2v) is 6.66. The van der Waals surface area contributed by atoms with Crippen LogP contribution < -0.4 is 10.6 Å². The van der Waals surface area contributed by atoms with Crippen LogP contribution in [0.25, 0.3) is 0 Å². The Balaban J connectivity index is 1.73. The van der Waals surface area contributed by atoms with Crippen molar-refractivity contribution in [3.63, 3.8) is 0 Å². The molecule has 24 heavy (non-hydrogen) atoms. The summed E-state index contributed by atoms with van der Waals surface area (Å²) >= 11 is 3.35. The van der Waals surface area contributed by atoms with Crippen molar-refractivity contribution in [2.24, 2.45) is 4.99 Å². The molecule has 3 N–H and O–H groups in total. The predicted octanol–water partition coefficient (Wildman–Crippen LogP) is 1.60. The van der Waals surface area contributed by atoms with Crippen molar-refractivity contribution in [2.75, 3.05) is 32.7 Å². The molecule has 0 aliphatic carbocycles. The number of nitrogens with one attached hydrogen (secondary N) is 2. The quantitative estimate of drug-likeness (QED) is 0.387. The van der Waals surface area contributed by atoms with Gasteiger partial charge in [-0.15, -0.1) is 0 Å². The maximum absolute atomic E-state index is 12.0. The molecule has 0 saturated carbocycles. The first kappa shape index (κ1) is 18.7. The summed E-state index contributed by atoms with van der Waals surface area (Å²) in [5, 5.41) is 15.8. The van der Waals surface area contributed by atoms with Gasteiger partial charge >= 0.3 is 0 Å². The fourth-order valence-electron chi connectivity index (χ4n) is 2.53. The molecule has 0 bridgehead atoms. The van der Waals surface area contributed by atoms with E-state index in [1.807, 2.05) is 19.1 Å². The number of β-amino-alcohol motifs (C(OH)–C–C–N with tert-alkyl or cyclic N) is 1. The maximum atomic E-state index is 12.0. The van der Waals surface area contributed by atoms with Crippen LogP contribution in [0.3, 0.4) is 0 Å². The molecule has 1 aromatic carbocycles. The largest absolute Gasteiger partial charge is 0.391 e. The highest BCUT2D eigenvalue weighted by Gasteiger charge is 2.22. The lowest BCUT2D eigenvalue weighted by Gasteiger charge is -2.20. The Hall–Kier alpha value is -1.60. The van der Waals surface area contributed by atoms with Crippen LogP contribution in [-0.2, 0) is 0 Å². The average molecular weight is 397 g/mol. The number of halogens is 1. The van der Waals surface area contributed by atoms with E-state index in [-0.39, 0.29) is 12.0 Å². The van der Waals surface area contributed by atoms with Crippen molar-refractivity contribution in [3.05, 3.63) is 34.3 Å².